The highest BCUT2D eigenvalue weighted by Crippen LogP contribution is 2.20. The molecule has 0 atom stereocenters. The fourth-order valence-electron chi connectivity index (χ4n) is 1.23. The minimum atomic E-state index is 0.0350. The van der Waals surface area contributed by atoms with Crippen molar-refractivity contribution in [3.63, 3.8) is 0 Å². The zero-order chi connectivity index (χ0) is 12.0. The summed E-state index contributed by atoms with van der Waals surface area (Å²) < 4.78 is 1.00. The average molecular weight is 306 g/mol. The Bertz CT molecular complexity index is 371. The number of halogens is 2. The molecule has 3 nitrogen and oxygen atoms in total. The lowest BCUT2D eigenvalue weighted by molar-refractivity contribution is -0.120. The molecule has 1 amide bonds. The Morgan fingerprint density at radius 3 is 2.94 bits per heavy atom. The van der Waals surface area contributed by atoms with Gasteiger partial charge in [-0.1, -0.05) is 27.5 Å². The van der Waals surface area contributed by atoms with Crippen LogP contribution in [0.1, 0.15) is 12.0 Å². The Kier molecular flexibility index (Phi) is 5.80. The molecule has 0 radical (unpaired) electrons. The standard InChI is InChI=1S/C11H14BrClN2O/c1-14-11(16)4-5-15-7-8-6-9(12)2-3-10(8)13/h2-3,6,15H,4-5,7H2,1H3,(H,14,16). The first kappa shape index (κ1) is 13.5. The lowest BCUT2D eigenvalue weighted by atomic mass is 10.2. The van der Waals surface area contributed by atoms with Gasteiger partial charge in [0.1, 0.15) is 0 Å². The van der Waals surface area contributed by atoms with Crippen LogP contribution in [0.3, 0.4) is 0 Å². The van der Waals surface area contributed by atoms with Crippen molar-refractivity contribution in [1.82, 2.24) is 10.6 Å². The van der Waals surface area contributed by atoms with Crippen molar-refractivity contribution in [3.8, 4) is 0 Å². The van der Waals surface area contributed by atoms with E-state index in [0.717, 1.165) is 15.1 Å². The number of nitrogens with one attached hydrogen (secondary N) is 2. The molecule has 1 aromatic rings. The highest BCUT2D eigenvalue weighted by molar-refractivity contribution is 9.10. The zero-order valence-electron chi connectivity index (χ0n) is 9.02. The van der Waals surface area contributed by atoms with Crippen molar-refractivity contribution in [2.24, 2.45) is 0 Å². The lowest BCUT2D eigenvalue weighted by Crippen LogP contribution is -2.24. The van der Waals surface area contributed by atoms with Gasteiger partial charge in [-0.3, -0.25) is 4.79 Å². The molecule has 0 spiro atoms. The van der Waals surface area contributed by atoms with Gasteiger partial charge in [0.05, 0.1) is 0 Å². The smallest absolute Gasteiger partial charge is 0.221 e. The monoisotopic (exact) mass is 304 g/mol. The van der Waals surface area contributed by atoms with E-state index in [2.05, 4.69) is 26.6 Å². The van der Waals surface area contributed by atoms with E-state index in [1.54, 1.807) is 7.05 Å². The molecule has 0 saturated heterocycles. The summed E-state index contributed by atoms with van der Waals surface area (Å²) in [5, 5.41) is 6.47. The molecule has 0 aliphatic carbocycles. The third-order valence-corrected chi connectivity index (χ3v) is 2.99. The molecule has 0 aromatic heterocycles. The third-order valence-electron chi connectivity index (χ3n) is 2.13. The molecule has 0 fully saturated rings. The minimum absolute atomic E-state index is 0.0350. The van der Waals surface area contributed by atoms with E-state index >= 15 is 0 Å². The van der Waals surface area contributed by atoms with E-state index in [-0.39, 0.29) is 5.91 Å². The second-order valence-electron chi connectivity index (χ2n) is 3.34. The second-order valence-corrected chi connectivity index (χ2v) is 4.66. The zero-order valence-corrected chi connectivity index (χ0v) is 11.4. The van der Waals surface area contributed by atoms with Crippen molar-refractivity contribution in [2.75, 3.05) is 13.6 Å². The Morgan fingerprint density at radius 1 is 1.50 bits per heavy atom. The summed E-state index contributed by atoms with van der Waals surface area (Å²) in [6.45, 7) is 1.30. The van der Waals surface area contributed by atoms with Gasteiger partial charge in [0, 0.05) is 36.1 Å². The fourth-order valence-corrected chi connectivity index (χ4v) is 1.82. The second kappa shape index (κ2) is 6.89. The molecule has 0 unspecified atom stereocenters. The highest BCUT2D eigenvalue weighted by atomic mass is 79.9. The van der Waals surface area contributed by atoms with Crippen molar-refractivity contribution < 1.29 is 4.79 Å². The molecule has 0 saturated carbocycles. The molecule has 5 heteroatoms. The molecule has 16 heavy (non-hydrogen) atoms. The van der Waals surface area contributed by atoms with Crippen LogP contribution in [0.5, 0.6) is 0 Å². The van der Waals surface area contributed by atoms with Gasteiger partial charge >= 0.3 is 0 Å². The molecule has 0 heterocycles. The number of amides is 1. The number of carbonyl (C=O) groups is 1. The Labute approximate surface area is 109 Å². The van der Waals surface area contributed by atoms with Gasteiger partial charge in [-0.25, -0.2) is 0 Å². The van der Waals surface area contributed by atoms with E-state index in [1.165, 1.54) is 0 Å². The van der Waals surface area contributed by atoms with E-state index in [0.29, 0.717) is 19.5 Å². The van der Waals surface area contributed by atoms with Crippen molar-refractivity contribution in [2.45, 2.75) is 13.0 Å². The van der Waals surface area contributed by atoms with Gasteiger partial charge in [0.2, 0.25) is 5.91 Å². The van der Waals surface area contributed by atoms with Crippen LogP contribution in [0.25, 0.3) is 0 Å². The Morgan fingerprint density at radius 2 is 2.25 bits per heavy atom. The molecule has 0 aliphatic heterocycles. The van der Waals surface area contributed by atoms with E-state index in [4.69, 9.17) is 11.6 Å². The number of rotatable bonds is 5. The molecule has 1 aromatic carbocycles. The number of benzene rings is 1. The summed E-state index contributed by atoms with van der Waals surface area (Å²) in [5.41, 5.74) is 1.02. The first-order chi connectivity index (χ1) is 7.63. The summed E-state index contributed by atoms with van der Waals surface area (Å²) >= 11 is 9.41. The highest BCUT2D eigenvalue weighted by Gasteiger charge is 2.01. The number of carbonyl (C=O) groups excluding carboxylic acids is 1. The van der Waals surface area contributed by atoms with Crippen LogP contribution in [0.4, 0.5) is 0 Å². The van der Waals surface area contributed by atoms with E-state index in [9.17, 15) is 4.79 Å². The van der Waals surface area contributed by atoms with Crippen LogP contribution in [-0.4, -0.2) is 19.5 Å². The van der Waals surface area contributed by atoms with Gasteiger partial charge in [0.25, 0.3) is 0 Å². The van der Waals surface area contributed by atoms with Crippen molar-refractivity contribution in [1.29, 1.82) is 0 Å². The number of hydrogen-bond donors (Lipinski definition) is 2. The molecule has 1 rings (SSSR count). The quantitative estimate of drug-likeness (QED) is 0.820. The summed E-state index contributed by atoms with van der Waals surface area (Å²) in [6, 6.07) is 5.72. The van der Waals surface area contributed by atoms with Gasteiger partial charge < -0.3 is 10.6 Å². The molecule has 0 aliphatic rings. The normalized spacial score (nSPS) is 10.2. The fraction of sp³-hybridized carbons (Fsp3) is 0.364. The largest absolute Gasteiger partial charge is 0.359 e. The maximum atomic E-state index is 11.0. The topological polar surface area (TPSA) is 41.1 Å². The van der Waals surface area contributed by atoms with Crippen LogP contribution in [0.15, 0.2) is 22.7 Å². The van der Waals surface area contributed by atoms with Crippen LogP contribution in [0.2, 0.25) is 5.02 Å². The van der Waals surface area contributed by atoms with E-state index < -0.39 is 0 Å². The molecular formula is C11H14BrClN2O. The van der Waals surface area contributed by atoms with Crippen LogP contribution < -0.4 is 10.6 Å². The Hall–Kier alpha value is -0.580. The van der Waals surface area contributed by atoms with Crippen LogP contribution in [0, 0.1) is 0 Å². The summed E-state index contributed by atoms with van der Waals surface area (Å²) in [7, 11) is 1.63. The summed E-state index contributed by atoms with van der Waals surface area (Å²) in [5.74, 6) is 0.0350. The van der Waals surface area contributed by atoms with Gasteiger partial charge in [-0.05, 0) is 23.8 Å². The molecular weight excluding hydrogens is 291 g/mol. The molecule has 0 bridgehead atoms. The predicted molar refractivity (Wildman–Crippen MR) is 69.5 cm³/mol. The average Bonchev–Trinajstić information content (AvgIpc) is 2.28. The minimum Gasteiger partial charge on any atom is -0.359 e. The van der Waals surface area contributed by atoms with Gasteiger partial charge in [-0.2, -0.15) is 0 Å². The first-order valence-electron chi connectivity index (χ1n) is 4.98. The SMILES string of the molecule is CNC(=O)CCNCc1cc(Br)ccc1Cl. The summed E-state index contributed by atoms with van der Waals surface area (Å²) in [4.78, 5) is 11.0. The summed E-state index contributed by atoms with van der Waals surface area (Å²) in [6.07, 6.45) is 0.474. The van der Waals surface area contributed by atoms with Gasteiger partial charge in [0.15, 0.2) is 0 Å². The molecule has 2 N–H and O–H groups in total. The predicted octanol–water partition coefficient (Wildman–Crippen LogP) is 2.33. The maximum Gasteiger partial charge on any atom is 0.221 e. The van der Waals surface area contributed by atoms with Crippen LogP contribution in [-0.2, 0) is 11.3 Å². The lowest BCUT2D eigenvalue weighted by Gasteiger charge is -2.06. The first-order valence-corrected chi connectivity index (χ1v) is 6.16. The third kappa shape index (κ3) is 4.51. The van der Waals surface area contributed by atoms with Crippen molar-refractivity contribution >= 4 is 33.4 Å². The maximum absolute atomic E-state index is 11.0. The van der Waals surface area contributed by atoms with E-state index in [1.807, 2.05) is 18.2 Å². The van der Waals surface area contributed by atoms with Gasteiger partial charge in [-0.15, -0.1) is 0 Å². The molecule has 88 valence electrons. The number of hydrogen-bond acceptors (Lipinski definition) is 2. The Balaban J connectivity index is 2.37. The van der Waals surface area contributed by atoms with Crippen molar-refractivity contribution in [3.05, 3.63) is 33.3 Å². The van der Waals surface area contributed by atoms with Crippen LogP contribution >= 0.6 is 27.5 Å².